The summed E-state index contributed by atoms with van der Waals surface area (Å²) in [5.74, 6) is -1.56. The van der Waals surface area contributed by atoms with Gasteiger partial charge >= 0.3 is 5.97 Å². The average molecular weight is 366 g/mol. The van der Waals surface area contributed by atoms with Gasteiger partial charge in [-0.1, -0.05) is 6.07 Å². The molecule has 2 rings (SSSR count). The van der Waals surface area contributed by atoms with Gasteiger partial charge in [0.25, 0.3) is 15.9 Å². The second-order valence-corrected chi connectivity index (χ2v) is 7.69. The van der Waals surface area contributed by atoms with Gasteiger partial charge in [-0.15, -0.1) is 0 Å². The minimum Gasteiger partial charge on any atom is -0.478 e. The Kier molecular flexibility index (Phi) is 5.00. The maximum atomic E-state index is 12.4. The van der Waals surface area contributed by atoms with E-state index in [0.29, 0.717) is 5.56 Å². The number of aryl methyl sites for hydroxylation is 2. The van der Waals surface area contributed by atoms with Crippen molar-refractivity contribution in [3.63, 3.8) is 0 Å². The fraction of sp³-hybridized carbons (Fsp3) is 0.250. The van der Waals surface area contributed by atoms with Crippen LogP contribution in [0, 0.1) is 13.8 Å². The third-order valence-corrected chi connectivity index (χ3v) is 5.27. The fourth-order valence-electron chi connectivity index (χ4n) is 2.12. The average Bonchev–Trinajstić information content (AvgIpc) is 2.91. The van der Waals surface area contributed by atoms with Crippen molar-refractivity contribution in [2.45, 2.75) is 18.9 Å². The lowest BCUT2D eigenvalue weighted by Gasteiger charge is -2.07. The molecule has 0 aliphatic carbocycles. The Bertz CT molecular complexity index is 944. The molecule has 25 heavy (non-hydrogen) atoms. The summed E-state index contributed by atoms with van der Waals surface area (Å²) in [4.78, 5) is 23.5. The maximum Gasteiger partial charge on any atom is 0.336 e. The lowest BCUT2D eigenvalue weighted by Crippen LogP contribution is -2.21. The molecule has 1 aromatic carbocycles. The molecule has 0 bridgehead atoms. The molecule has 0 aliphatic heterocycles. The van der Waals surface area contributed by atoms with Crippen molar-refractivity contribution in [2.24, 2.45) is 0 Å². The first-order valence-electron chi connectivity index (χ1n) is 7.22. The van der Waals surface area contributed by atoms with E-state index < -0.39 is 21.9 Å². The summed E-state index contributed by atoms with van der Waals surface area (Å²) in [5.41, 5.74) is 0.963. The van der Waals surface area contributed by atoms with Crippen molar-refractivity contribution in [3.05, 3.63) is 46.7 Å². The summed E-state index contributed by atoms with van der Waals surface area (Å²) in [6.45, 7) is 3.12. The van der Waals surface area contributed by atoms with Crippen LogP contribution in [-0.4, -0.2) is 43.8 Å². The first-order valence-corrected chi connectivity index (χ1v) is 8.66. The van der Waals surface area contributed by atoms with Crippen molar-refractivity contribution in [1.29, 1.82) is 0 Å². The first kappa shape index (κ1) is 18.7. The Morgan fingerprint density at radius 2 is 1.76 bits per heavy atom. The number of amides is 1. The van der Waals surface area contributed by atoms with Gasteiger partial charge in [-0.2, -0.15) is 0 Å². The normalized spacial score (nSPS) is 11.6. The number of carboxylic acids is 1. The van der Waals surface area contributed by atoms with Crippen LogP contribution in [0.5, 0.6) is 0 Å². The highest BCUT2D eigenvalue weighted by molar-refractivity contribution is 7.88. The molecule has 0 atom stereocenters. The minimum absolute atomic E-state index is 0.0536. The molecule has 134 valence electrons. The highest BCUT2D eigenvalue weighted by Crippen LogP contribution is 2.23. The van der Waals surface area contributed by atoms with E-state index in [1.54, 1.807) is 19.1 Å². The second kappa shape index (κ2) is 6.69. The molecule has 1 amide bonds. The van der Waals surface area contributed by atoms with Crippen molar-refractivity contribution in [1.82, 2.24) is 4.31 Å². The summed E-state index contributed by atoms with van der Waals surface area (Å²) < 4.78 is 30.3. The van der Waals surface area contributed by atoms with Gasteiger partial charge in [0.2, 0.25) is 5.09 Å². The maximum absolute atomic E-state index is 12.4. The van der Waals surface area contributed by atoms with Crippen LogP contribution in [0.4, 0.5) is 5.69 Å². The number of aromatic carboxylic acids is 1. The molecule has 0 saturated heterocycles. The number of carbonyl (C=O) groups is 2. The zero-order valence-electron chi connectivity index (χ0n) is 14.2. The molecular formula is C16H18N2O6S. The van der Waals surface area contributed by atoms with Gasteiger partial charge in [0.1, 0.15) is 5.76 Å². The largest absolute Gasteiger partial charge is 0.478 e. The predicted molar refractivity (Wildman–Crippen MR) is 90.4 cm³/mol. The summed E-state index contributed by atoms with van der Waals surface area (Å²) in [6, 6.07) is 5.62. The molecule has 2 aromatic rings. The van der Waals surface area contributed by atoms with Crippen molar-refractivity contribution >= 4 is 27.6 Å². The molecule has 0 radical (unpaired) electrons. The molecule has 1 aromatic heterocycles. The summed E-state index contributed by atoms with van der Waals surface area (Å²) in [7, 11) is -1.09. The lowest BCUT2D eigenvalue weighted by molar-refractivity contribution is 0.0695. The van der Waals surface area contributed by atoms with E-state index in [4.69, 9.17) is 9.52 Å². The Balaban J connectivity index is 2.33. The van der Waals surface area contributed by atoms with E-state index in [2.05, 4.69) is 5.32 Å². The van der Waals surface area contributed by atoms with E-state index in [1.807, 2.05) is 0 Å². The van der Waals surface area contributed by atoms with Crippen LogP contribution in [0.15, 0.2) is 33.8 Å². The molecule has 0 aliphatic rings. The zero-order chi connectivity index (χ0) is 18.9. The Hall–Kier alpha value is -2.65. The van der Waals surface area contributed by atoms with E-state index in [0.717, 1.165) is 10.4 Å². The number of carboxylic acid groups (broad SMARTS) is 1. The number of rotatable bonds is 5. The standard InChI is InChI=1S/C16H18N2O6S/c1-9-5-6-11(7-12(9)16(20)21)17-15(19)13-8-14(24-10(13)2)25(22,23)18(3)4/h5-8H,1-4H3,(H,17,19)(H,20,21). The predicted octanol–water partition coefficient (Wildman–Crippen LogP) is 2.10. The van der Waals surface area contributed by atoms with Crippen LogP contribution in [0.25, 0.3) is 0 Å². The fourth-order valence-corrected chi connectivity index (χ4v) is 2.97. The Morgan fingerprint density at radius 1 is 1.12 bits per heavy atom. The van der Waals surface area contributed by atoms with E-state index >= 15 is 0 Å². The molecule has 9 heteroatoms. The minimum atomic E-state index is -3.80. The molecule has 0 fully saturated rings. The number of nitrogens with zero attached hydrogens (tertiary/aromatic N) is 1. The molecular weight excluding hydrogens is 348 g/mol. The zero-order valence-corrected chi connectivity index (χ0v) is 15.0. The number of nitrogens with one attached hydrogen (secondary N) is 1. The molecule has 0 saturated carbocycles. The van der Waals surface area contributed by atoms with E-state index in [1.165, 1.54) is 27.1 Å². The van der Waals surface area contributed by atoms with Crippen LogP contribution in [0.2, 0.25) is 0 Å². The van der Waals surface area contributed by atoms with Crippen LogP contribution in [-0.2, 0) is 10.0 Å². The van der Waals surface area contributed by atoms with Crippen LogP contribution in [0.3, 0.4) is 0 Å². The number of benzene rings is 1. The van der Waals surface area contributed by atoms with Gasteiger partial charge in [-0.3, -0.25) is 4.79 Å². The summed E-state index contributed by atoms with van der Waals surface area (Å²) in [5, 5.41) is 11.3. The number of furan rings is 1. The van der Waals surface area contributed by atoms with Crippen LogP contribution < -0.4 is 5.32 Å². The Labute approximate surface area is 145 Å². The highest BCUT2D eigenvalue weighted by atomic mass is 32.2. The molecule has 8 nitrogen and oxygen atoms in total. The van der Waals surface area contributed by atoms with Crippen LogP contribution in [0.1, 0.15) is 32.0 Å². The van der Waals surface area contributed by atoms with Gasteiger partial charge in [0.15, 0.2) is 0 Å². The highest BCUT2D eigenvalue weighted by Gasteiger charge is 2.25. The van der Waals surface area contributed by atoms with Crippen molar-refractivity contribution in [2.75, 3.05) is 19.4 Å². The topological polar surface area (TPSA) is 117 Å². The number of anilines is 1. The molecule has 2 N–H and O–H groups in total. The number of carbonyl (C=O) groups excluding carboxylic acids is 1. The van der Waals surface area contributed by atoms with Gasteiger partial charge in [-0.05, 0) is 31.5 Å². The quantitative estimate of drug-likeness (QED) is 0.837. The monoisotopic (exact) mass is 366 g/mol. The summed E-state index contributed by atoms with van der Waals surface area (Å²) >= 11 is 0. The number of hydrogen-bond donors (Lipinski definition) is 2. The molecule has 1 heterocycles. The van der Waals surface area contributed by atoms with E-state index in [-0.39, 0.29) is 27.7 Å². The van der Waals surface area contributed by atoms with Gasteiger partial charge in [0.05, 0.1) is 11.1 Å². The summed E-state index contributed by atoms with van der Waals surface area (Å²) in [6.07, 6.45) is 0. The van der Waals surface area contributed by atoms with E-state index in [9.17, 15) is 18.0 Å². The van der Waals surface area contributed by atoms with Gasteiger partial charge in [0, 0.05) is 25.8 Å². The Morgan fingerprint density at radius 3 is 2.32 bits per heavy atom. The lowest BCUT2D eigenvalue weighted by atomic mass is 10.1. The van der Waals surface area contributed by atoms with Gasteiger partial charge in [-0.25, -0.2) is 17.5 Å². The third-order valence-electron chi connectivity index (χ3n) is 3.60. The van der Waals surface area contributed by atoms with Gasteiger partial charge < -0.3 is 14.8 Å². The van der Waals surface area contributed by atoms with Crippen LogP contribution >= 0.6 is 0 Å². The number of hydrogen-bond acceptors (Lipinski definition) is 5. The molecule has 0 unspecified atom stereocenters. The number of sulfonamides is 1. The smallest absolute Gasteiger partial charge is 0.336 e. The van der Waals surface area contributed by atoms with Crippen molar-refractivity contribution < 1.29 is 27.5 Å². The molecule has 0 spiro atoms. The first-order chi connectivity index (χ1) is 11.5. The second-order valence-electron chi connectivity index (χ2n) is 5.61. The third kappa shape index (κ3) is 3.72. The van der Waals surface area contributed by atoms with Crippen molar-refractivity contribution in [3.8, 4) is 0 Å². The SMILES string of the molecule is Cc1ccc(NC(=O)c2cc(S(=O)(=O)N(C)C)oc2C)cc1C(=O)O.